The fraction of sp³-hybridized carbons (Fsp3) is 0.600. The smallest absolute Gasteiger partial charge is 0.278 e. The molecule has 156 valence electrons. The molecule has 1 saturated heterocycles. The lowest BCUT2D eigenvalue weighted by atomic mass is 9.95. The van der Waals surface area contributed by atoms with Crippen LogP contribution in [0.25, 0.3) is 5.57 Å². The van der Waals surface area contributed by atoms with Crippen LogP contribution in [-0.4, -0.2) is 40.7 Å². The number of likely N-dealkylation sites (tertiary alicyclic amines) is 1. The normalized spacial score (nSPS) is 22.6. The Labute approximate surface area is 175 Å². The molecule has 0 radical (unpaired) electrons. The fourth-order valence-corrected chi connectivity index (χ4v) is 5.25. The maximum atomic E-state index is 13.7. The highest BCUT2D eigenvalue weighted by Gasteiger charge is 2.45. The number of amides is 2. The lowest BCUT2D eigenvalue weighted by Crippen LogP contribution is -2.43. The Bertz CT molecular complexity index is 825. The van der Waals surface area contributed by atoms with Gasteiger partial charge in [0.1, 0.15) is 5.70 Å². The van der Waals surface area contributed by atoms with E-state index in [2.05, 4.69) is 37.8 Å². The molecule has 2 fully saturated rings. The molecule has 4 heteroatoms. The SMILES string of the molecule is Cc1ccc(C2=C(N3CCC(C)CC3)C(=O)N(C3CCCCCC3)C2=O)c(C)c1. The standard InChI is InChI=1S/C25H34N2O2/c1-17-12-14-26(15-13-17)23-22(21-11-10-18(2)16-19(21)3)24(28)27(25(23)29)20-8-6-4-5-7-9-20/h10-11,16-17,20H,4-9,12-15H2,1-3H3. The molecule has 3 aliphatic rings. The van der Waals surface area contributed by atoms with E-state index in [0.29, 0.717) is 17.2 Å². The van der Waals surface area contributed by atoms with Crippen molar-refractivity contribution in [2.45, 2.75) is 78.2 Å². The number of hydrogen-bond donors (Lipinski definition) is 0. The second kappa shape index (κ2) is 8.33. The van der Waals surface area contributed by atoms with Crippen molar-refractivity contribution < 1.29 is 9.59 Å². The summed E-state index contributed by atoms with van der Waals surface area (Å²) >= 11 is 0. The quantitative estimate of drug-likeness (QED) is 0.544. The van der Waals surface area contributed by atoms with Gasteiger partial charge in [0, 0.05) is 19.1 Å². The first-order valence-corrected chi connectivity index (χ1v) is 11.4. The van der Waals surface area contributed by atoms with Crippen LogP contribution < -0.4 is 0 Å². The van der Waals surface area contributed by atoms with Gasteiger partial charge >= 0.3 is 0 Å². The van der Waals surface area contributed by atoms with Gasteiger partial charge in [-0.3, -0.25) is 14.5 Å². The Balaban J connectivity index is 1.76. The number of aryl methyl sites for hydroxylation is 2. The number of rotatable bonds is 3. The summed E-state index contributed by atoms with van der Waals surface area (Å²) in [5.74, 6) is 0.565. The highest BCUT2D eigenvalue weighted by molar-refractivity contribution is 6.36. The second-order valence-electron chi connectivity index (χ2n) is 9.34. The molecule has 4 nitrogen and oxygen atoms in total. The third kappa shape index (κ3) is 3.86. The van der Waals surface area contributed by atoms with Gasteiger partial charge in [-0.25, -0.2) is 0 Å². The van der Waals surface area contributed by atoms with Crippen LogP contribution in [0.15, 0.2) is 23.9 Å². The van der Waals surface area contributed by atoms with E-state index < -0.39 is 0 Å². The number of hydrogen-bond acceptors (Lipinski definition) is 3. The van der Waals surface area contributed by atoms with Gasteiger partial charge in [0.15, 0.2) is 0 Å². The maximum absolute atomic E-state index is 13.7. The van der Waals surface area contributed by atoms with Crippen LogP contribution in [0.1, 0.15) is 75.0 Å². The molecule has 1 saturated carbocycles. The zero-order valence-electron chi connectivity index (χ0n) is 18.2. The molecule has 2 heterocycles. The van der Waals surface area contributed by atoms with Crippen molar-refractivity contribution in [2.24, 2.45) is 5.92 Å². The number of carbonyl (C=O) groups is 2. The molecule has 29 heavy (non-hydrogen) atoms. The van der Waals surface area contributed by atoms with Gasteiger partial charge < -0.3 is 4.90 Å². The van der Waals surface area contributed by atoms with Crippen molar-refractivity contribution in [2.75, 3.05) is 13.1 Å². The topological polar surface area (TPSA) is 40.6 Å². The van der Waals surface area contributed by atoms with Crippen LogP contribution in [0, 0.1) is 19.8 Å². The zero-order valence-corrected chi connectivity index (χ0v) is 18.2. The van der Waals surface area contributed by atoms with Gasteiger partial charge in [0.2, 0.25) is 0 Å². The van der Waals surface area contributed by atoms with Crippen LogP contribution in [0.4, 0.5) is 0 Å². The number of imide groups is 1. The summed E-state index contributed by atoms with van der Waals surface area (Å²) in [5.41, 5.74) is 4.49. The van der Waals surface area contributed by atoms with Crippen molar-refractivity contribution in [3.63, 3.8) is 0 Å². The summed E-state index contributed by atoms with van der Waals surface area (Å²) in [6.45, 7) is 8.12. The lowest BCUT2D eigenvalue weighted by Gasteiger charge is -2.33. The van der Waals surface area contributed by atoms with Crippen LogP contribution in [0.2, 0.25) is 0 Å². The van der Waals surface area contributed by atoms with E-state index in [9.17, 15) is 9.59 Å². The molecular formula is C25H34N2O2. The van der Waals surface area contributed by atoms with Crippen LogP contribution in [0.3, 0.4) is 0 Å². The van der Waals surface area contributed by atoms with Crippen molar-refractivity contribution in [1.29, 1.82) is 0 Å². The molecule has 2 amide bonds. The Morgan fingerprint density at radius 3 is 2.14 bits per heavy atom. The molecule has 0 unspecified atom stereocenters. The summed E-state index contributed by atoms with van der Waals surface area (Å²) < 4.78 is 0. The Morgan fingerprint density at radius 2 is 1.52 bits per heavy atom. The molecule has 2 aliphatic heterocycles. The molecule has 1 aliphatic carbocycles. The molecular weight excluding hydrogens is 360 g/mol. The van der Waals surface area contributed by atoms with E-state index >= 15 is 0 Å². The van der Waals surface area contributed by atoms with Gasteiger partial charge in [-0.2, -0.15) is 0 Å². The first-order valence-electron chi connectivity index (χ1n) is 11.4. The van der Waals surface area contributed by atoms with Crippen molar-refractivity contribution >= 4 is 17.4 Å². The molecule has 0 atom stereocenters. The molecule has 0 bridgehead atoms. The fourth-order valence-electron chi connectivity index (χ4n) is 5.25. The van der Waals surface area contributed by atoms with Gasteiger partial charge in [-0.05, 0) is 56.6 Å². The monoisotopic (exact) mass is 394 g/mol. The molecule has 4 rings (SSSR count). The number of piperidine rings is 1. The molecule has 0 N–H and O–H groups in total. The maximum Gasteiger partial charge on any atom is 0.278 e. The van der Waals surface area contributed by atoms with Gasteiger partial charge in [-0.15, -0.1) is 0 Å². The van der Waals surface area contributed by atoms with E-state index in [1.165, 1.54) is 18.4 Å². The van der Waals surface area contributed by atoms with Crippen LogP contribution in [-0.2, 0) is 9.59 Å². The minimum Gasteiger partial charge on any atom is -0.366 e. The van der Waals surface area contributed by atoms with Crippen molar-refractivity contribution in [3.05, 3.63) is 40.6 Å². The molecule has 1 aromatic rings. The minimum atomic E-state index is -0.0672. The largest absolute Gasteiger partial charge is 0.366 e. The van der Waals surface area contributed by atoms with Crippen LogP contribution in [0.5, 0.6) is 0 Å². The molecule has 0 spiro atoms. The summed E-state index contributed by atoms with van der Waals surface area (Å²) in [6.07, 6.45) is 8.68. The van der Waals surface area contributed by atoms with E-state index in [0.717, 1.165) is 62.7 Å². The predicted molar refractivity (Wildman–Crippen MR) is 116 cm³/mol. The predicted octanol–water partition coefficient (Wildman–Crippen LogP) is 4.84. The zero-order chi connectivity index (χ0) is 20.5. The molecule has 1 aromatic carbocycles. The van der Waals surface area contributed by atoms with Crippen LogP contribution >= 0.6 is 0 Å². The molecule has 0 aromatic heterocycles. The van der Waals surface area contributed by atoms with E-state index in [-0.39, 0.29) is 17.9 Å². The number of benzene rings is 1. The van der Waals surface area contributed by atoms with Gasteiger partial charge in [-0.1, -0.05) is 56.4 Å². The highest BCUT2D eigenvalue weighted by atomic mass is 16.2. The third-order valence-electron chi connectivity index (χ3n) is 7.03. The van der Waals surface area contributed by atoms with E-state index in [1.54, 1.807) is 4.90 Å². The number of nitrogens with zero attached hydrogens (tertiary/aromatic N) is 2. The highest BCUT2D eigenvalue weighted by Crippen LogP contribution is 2.38. The van der Waals surface area contributed by atoms with Crippen molar-refractivity contribution in [1.82, 2.24) is 9.80 Å². The van der Waals surface area contributed by atoms with Crippen molar-refractivity contribution in [3.8, 4) is 0 Å². The third-order valence-corrected chi connectivity index (χ3v) is 7.03. The van der Waals surface area contributed by atoms with Gasteiger partial charge in [0.05, 0.1) is 5.57 Å². The van der Waals surface area contributed by atoms with E-state index in [4.69, 9.17) is 0 Å². The Hall–Kier alpha value is -2.10. The van der Waals surface area contributed by atoms with Gasteiger partial charge in [0.25, 0.3) is 11.8 Å². The van der Waals surface area contributed by atoms with E-state index in [1.807, 2.05) is 6.07 Å². The lowest BCUT2D eigenvalue weighted by molar-refractivity contribution is -0.140. The summed E-state index contributed by atoms with van der Waals surface area (Å²) in [7, 11) is 0. The average Bonchev–Trinajstić information content (AvgIpc) is 2.85. The average molecular weight is 395 g/mol. The Morgan fingerprint density at radius 1 is 0.862 bits per heavy atom. The summed E-state index contributed by atoms with van der Waals surface area (Å²) in [6, 6.07) is 6.26. The minimum absolute atomic E-state index is 0.0496. The number of carbonyl (C=O) groups excluding carboxylic acids is 2. The first kappa shape index (κ1) is 20.2. The summed E-state index contributed by atoms with van der Waals surface area (Å²) in [5, 5.41) is 0. The Kier molecular flexibility index (Phi) is 5.80. The summed E-state index contributed by atoms with van der Waals surface area (Å²) in [4.78, 5) is 31.2. The second-order valence-corrected chi connectivity index (χ2v) is 9.34. The first-order chi connectivity index (χ1) is 14.0.